The van der Waals surface area contributed by atoms with Crippen molar-refractivity contribution in [2.24, 2.45) is 0 Å². The maximum absolute atomic E-state index is 11.6. The van der Waals surface area contributed by atoms with E-state index in [0.717, 1.165) is 5.56 Å². The Hall–Kier alpha value is -2.09. The summed E-state index contributed by atoms with van der Waals surface area (Å²) >= 11 is 0. The van der Waals surface area contributed by atoms with Crippen molar-refractivity contribution in [3.63, 3.8) is 0 Å². The number of hydrogen-bond acceptors (Lipinski definition) is 4. The first-order valence-electron chi connectivity index (χ1n) is 5.26. The Morgan fingerprint density at radius 2 is 2.39 bits per heavy atom. The Bertz CT molecular complexity index is 393. The van der Waals surface area contributed by atoms with Crippen LogP contribution in [0.1, 0.15) is 5.56 Å². The molecule has 0 aliphatic carbocycles. The predicted octanol–water partition coefficient (Wildman–Crippen LogP) is -0.349. The first kappa shape index (κ1) is 14.0. The van der Waals surface area contributed by atoms with Crippen LogP contribution in [0.4, 0.5) is 4.79 Å². The Balaban J connectivity index is 2.38. The van der Waals surface area contributed by atoms with E-state index in [1.165, 1.54) is 12.0 Å². The number of H-pyrrole nitrogens is 1. The molecule has 1 atom stereocenters. The molecule has 0 fully saturated rings. The van der Waals surface area contributed by atoms with E-state index in [9.17, 15) is 9.59 Å². The van der Waals surface area contributed by atoms with Crippen molar-refractivity contribution >= 4 is 12.0 Å². The lowest BCUT2D eigenvalue weighted by atomic mass is 10.3. The average Bonchev–Trinajstić information content (AvgIpc) is 2.81. The van der Waals surface area contributed by atoms with Crippen molar-refractivity contribution < 1.29 is 19.4 Å². The van der Waals surface area contributed by atoms with Crippen LogP contribution < -0.4 is 5.32 Å². The highest BCUT2D eigenvalue weighted by molar-refractivity contribution is 5.76. The Morgan fingerprint density at radius 1 is 1.67 bits per heavy atom. The summed E-state index contributed by atoms with van der Waals surface area (Å²) in [5, 5.41) is 17.6. The second kappa shape index (κ2) is 6.60. The summed E-state index contributed by atoms with van der Waals surface area (Å²) in [6, 6.07) is -0.375. The number of methoxy groups -OCH3 is 1. The van der Waals surface area contributed by atoms with E-state index in [-0.39, 0.29) is 12.6 Å². The lowest BCUT2D eigenvalue weighted by Crippen LogP contribution is -2.43. The number of carboxylic acids is 1. The summed E-state index contributed by atoms with van der Waals surface area (Å²) in [4.78, 5) is 23.7. The van der Waals surface area contributed by atoms with Crippen LogP contribution in [-0.2, 0) is 16.1 Å². The molecule has 8 nitrogen and oxygen atoms in total. The predicted molar refractivity (Wildman–Crippen MR) is 61.9 cm³/mol. The number of aromatic amines is 1. The fraction of sp³-hybridized carbons (Fsp3) is 0.500. The Morgan fingerprint density at radius 3 is 2.89 bits per heavy atom. The zero-order valence-corrected chi connectivity index (χ0v) is 10.2. The molecule has 0 aromatic carbocycles. The van der Waals surface area contributed by atoms with Crippen LogP contribution in [0.5, 0.6) is 0 Å². The summed E-state index contributed by atoms with van der Waals surface area (Å²) in [5.74, 6) is -1.12. The molecule has 100 valence electrons. The molecule has 1 aromatic heterocycles. The van der Waals surface area contributed by atoms with Gasteiger partial charge < -0.3 is 20.1 Å². The number of aromatic nitrogens is 2. The molecule has 0 bridgehead atoms. The van der Waals surface area contributed by atoms with Gasteiger partial charge in [0.2, 0.25) is 0 Å². The van der Waals surface area contributed by atoms with E-state index >= 15 is 0 Å². The molecule has 1 unspecified atom stereocenters. The fourth-order valence-corrected chi connectivity index (χ4v) is 1.30. The minimum absolute atomic E-state index is 0.0829. The summed E-state index contributed by atoms with van der Waals surface area (Å²) in [6.07, 6.45) is 2.24. The Labute approximate surface area is 104 Å². The topological polar surface area (TPSA) is 108 Å². The molecule has 1 heterocycles. The van der Waals surface area contributed by atoms with Crippen LogP contribution >= 0.6 is 0 Å². The minimum atomic E-state index is -1.12. The van der Waals surface area contributed by atoms with Gasteiger partial charge in [0.05, 0.1) is 19.3 Å². The lowest BCUT2D eigenvalue weighted by Gasteiger charge is -2.18. The van der Waals surface area contributed by atoms with E-state index < -0.39 is 12.1 Å². The number of aliphatic carboxylic acids is 1. The van der Waals surface area contributed by atoms with E-state index in [1.54, 1.807) is 19.4 Å². The van der Waals surface area contributed by atoms with Gasteiger partial charge in [-0.25, -0.2) is 9.59 Å². The normalized spacial score (nSPS) is 11.9. The van der Waals surface area contributed by atoms with Crippen molar-refractivity contribution in [3.05, 3.63) is 18.0 Å². The number of rotatable bonds is 6. The highest BCUT2D eigenvalue weighted by Gasteiger charge is 2.18. The molecule has 1 aromatic rings. The monoisotopic (exact) mass is 256 g/mol. The first-order chi connectivity index (χ1) is 8.54. The van der Waals surface area contributed by atoms with Gasteiger partial charge in [-0.05, 0) is 0 Å². The van der Waals surface area contributed by atoms with Gasteiger partial charge in [-0.1, -0.05) is 0 Å². The number of hydrogen-bond donors (Lipinski definition) is 3. The van der Waals surface area contributed by atoms with Crippen LogP contribution in [0.15, 0.2) is 12.4 Å². The fourth-order valence-electron chi connectivity index (χ4n) is 1.30. The van der Waals surface area contributed by atoms with Gasteiger partial charge in [0, 0.05) is 25.9 Å². The molecular weight excluding hydrogens is 240 g/mol. The third-order valence-electron chi connectivity index (χ3n) is 2.32. The highest BCUT2D eigenvalue weighted by atomic mass is 16.5. The maximum atomic E-state index is 11.6. The van der Waals surface area contributed by atoms with Crippen molar-refractivity contribution in [2.75, 3.05) is 20.7 Å². The molecule has 2 amide bonds. The molecule has 1 rings (SSSR count). The van der Waals surface area contributed by atoms with Crippen molar-refractivity contribution in [2.45, 2.75) is 12.6 Å². The van der Waals surface area contributed by atoms with Gasteiger partial charge in [-0.3, -0.25) is 5.10 Å². The zero-order chi connectivity index (χ0) is 13.5. The molecule has 0 spiro atoms. The average molecular weight is 256 g/mol. The minimum Gasteiger partial charge on any atom is -0.479 e. The van der Waals surface area contributed by atoms with Gasteiger partial charge in [0.25, 0.3) is 0 Å². The maximum Gasteiger partial charge on any atom is 0.334 e. The number of nitrogens with zero attached hydrogens (tertiary/aromatic N) is 2. The van der Waals surface area contributed by atoms with Crippen LogP contribution in [0.2, 0.25) is 0 Å². The lowest BCUT2D eigenvalue weighted by molar-refractivity contribution is -0.148. The molecule has 0 aliphatic heterocycles. The van der Waals surface area contributed by atoms with Crippen LogP contribution in [0.3, 0.4) is 0 Å². The molecule has 3 N–H and O–H groups in total. The number of urea groups is 1. The molecular formula is C10H16N4O4. The summed E-state index contributed by atoms with van der Waals surface area (Å²) < 4.78 is 4.70. The van der Waals surface area contributed by atoms with E-state index in [4.69, 9.17) is 9.84 Å². The molecule has 18 heavy (non-hydrogen) atoms. The van der Waals surface area contributed by atoms with E-state index in [0.29, 0.717) is 6.54 Å². The van der Waals surface area contributed by atoms with E-state index in [1.807, 2.05) is 0 Å². The van der Waals surface area contributed by atoms with Crippen LogP contribution in [0, 0.1) is 0 Å². The largest absolute Gasteiger partial charge is 0.479 e. The number of amides is 2. The number of ether oxygens (including phenoxy) is 1. The van der Waals surface area contributed by atoms with Gasteiger partial charge in [-0.15, -0.1) is 0 Å². The molecule has 0 saturated heterocycles. The first-order valence-corrected chi connectivity index (χ1v) is 5.26. The molecule has 0 aliphatic rings. The number of carbonyl (C=O) groups excluding carboxylic acids is 1. The van der Waals surface area contributed by atoms with Gasteiger partial charge in [0.15, 0.2) is 6.10 Å². The van der Waals surface area contributed by atoms with Crippen molar-refractivity contribution in [1.29, 1.82) is 0 Å². The summed E-state index contributed by atoms with van der Waals surface area (Å²) in [6.45, 7) is 0.299. The number of carbonyl (C=O) groups is 2. The summed E-state index contributed by atoms with van der Waals surface area (Å²) in [5.41, 5.74) is 0.856. The van der Waals surface area contributed by atoms with Crippen molar-refractivity contribution in [3.8, 4) is 0 Å². The van der Waals surface area contributed by atoms with Gasteiger partial charge >= 0.3 is 12.0 Å². The van der Waals surface area contributed by atoms with Gasteiger partial charge in [-0.2, -0.15) is 5.10 Å². The quantitative estimate of drug-likeness (QED) is 0.645. The number of carboxylic acid groups (broad SMARTS) is 1. The second-order valence-corrected chi connectivity index (χ2v) is 3.71. The smallest absolute Gasteiger partial charge is 0.334 e. The molecule has 0 radical (unpaired) electrons. The van der Waals surface area contributed by atoms with Crippen molar-refractivity contribution in [1.82, 2.24) is 20.4 Å². The second-order valence-electron chi connectivity index (χ2n) is 3.71. The SMILES string of the molecule is COC(CNC(=O)N(C)Cc1cn[nH]c1)C(=O)O. The highest BCUT2D eigenvalue weighted by Crippen LogP contribution is 1.99. The standard InChI is InChI=1S/C10H16N4O4/c1-14(6-7-3-12-13-4-7)10(17)11-5-8(18-2)9(15)16/h3-4,8H,5-6H2,1-2H3,(H,11,17)(H,12,13)(H,15,16). The van der Waals surface area contributed by atoms with Gasteiger partial charge in [0.1, 0.15) is 0 Å². The van der Waals surface area contributed by atoms with Crippen LogP contribution in [0.25, 0.3) is 0 Å². The Kier molecular flexibility index (Phi) is 5.12. The zero-order valence-electron chi connectivity index (χ0n) is 10.2. The number of nitrogens with one attached hydrogen (secondary N) is 2. The molecule has 8 heteroatoms. The third kappa shape index (κ3) is 4.06. The van der Waals surface area contributed by atoms with Crippen LogP contribution in [-0.4, -0.2) is 59.0 Å². The van der Waals surface area contributed by atoms with E-state index in [2.05, 4.69) is 15.5 Å². The summed E-state index contributed by atoms with van der Waals surface area (Å²) in [7, 11) is 2.88. The molecule has 0 saturated carbocycles. The third-order valence-corrected chi connectivity index (χ3v) is 2.32.